The number of nitrogens with two attached hydrogens (primary N) is 1. The van der Waals surface area contributed by atoms with Gasteiger partial charge in [0.1, 0.15) is 11.3 Å². The van der Waals surface area contributed by atoms with Crippen LogP contribution in [0.4, 0.5) is 0 Å². The zero-order valence-electron chi connectivity index (χ0n) is 10.0. The number of rotatable bonds is 1. The number of morpholine rings is 1. The summed E-state index contributed by atoms with van der Waals surface area (Å²) in [6, 6.07) is 0. The van der Waals surface area contributed by atoms with Crippen LogP contribution in [-0.2, 0) is 14.3 Å². The van der Waals surface area contributed by atoms with Crippen molar-refractivity contribution < 1.29 is 14.3 Å². The van der Waals surface area contributed by atoms with Crippen LogP contribution < -0.4 is 11.1 Å². The summed E-state index contributed by atoms with van der Waals surface area (Å²) in [6.07, 6.45) is 0. The van der Waals surface area contributed by atoms with E-state index in [1.165, 1.54) is 0 Å². The lowest BCUT2D eigenvalue weighted by Gasteiger charge is -2.29. The van der Waals surface area contributed by atoms with Crippen LogP contribution in [0.15, 0.2) is 0 Å². The van der Waals surface area contributed by atoms with Crippen LogP contribution in [0.5, 0.6) is 0 Å². The quantitative estimate of drug-likeness (QED) is 0.617. The van der Waals surface area contributed by atoms with Crippen molar-refractivity contribution in [3.63, 3.8) is 0 Å². The highest BCUT2D eigenvalue weighted by Gasteiger charge is 2.20. The zero-order valence-corrected chi connectivity index (χ0v) is 10.0. The molecule has 90 valence electrons. The summed E-state index contributed by atoms with van der Waals surface area (Å²) in [6.45, 7) is 10.2. The average molecular weight is 218 g/mol. The first kappa shape index (κ1) is 14.3. The molecule has 1 fully saturated rings. The summed E-state index contributed by atoms with van der Waals surface area (Å²) in [7, 11) is 0. The minimum absolute atomic E-state index is 0.318. The van der Waals surface area contributed by atoms with Crippen LogP contribution in [0.2, 0.25) is 0 Å². The van der Waals surface area contributed by atoms with E-state index >= 15 is 0 Å². The number of carbonyl (C=O) groups is 1. The Labute approximate surface area is 91.3 Å². The molecule has 1 aliphatic rings. The Bertz CT molecular complexity index is 180. The van der Waals surface area contributed by atoms with Gasteiger partial charge in [-0.25, -0.2) is 0 Å². The van der Waals surface area contributed by atoms with Crippen LogP contribution >= 0.6 is 0 Å². The van der Waals surface area contributed by atoms with Crippen LogP contribution in [-0.4, -0.2) is 37.5 Å². The van der Waals surface area contributed by atoms with Gasteiger partial charge in [0.25, 0.3) is 6.47 Å². The third kappa shape index (κ3) is 9.65. The van der Waals surface area contributed by atoms with E-state index < -0.39 is 5.72 Å². The minimum atomic E-state index is -0.432. The normalized spacial score (nSPS) is 26.2. The maximum atomic E-state index is 9.60. The lowest BCUT2D eigenvalue weighted by molar-refractivity contribution is -0.138. The van der Waals surface area contributed by atoms with Crippen molar-refractivity contribution in [2.45, 2.75) is 39.0 Å². The Balaban J connectivity index is 0.000000265. The van der Waals surface area contributed by atoms with Gasteiger partial charge in [0.15, 0.2) is 0 Å². The fraction of sp³-hybridized carbons (Fsp3) is 0.900. The van der Waals surface area contributed by atoms with Gasteiger partial charge >= 0.3 is 0 Å². The summed E-state index contributed by atoms with van der Waals surface area (Å²) < 4.78 is 9.73. The van der Waals surface area contributed by atoms with Crippen molar-refractivity contribution in [3.05, 3.63) is 0 Å². The molecule has 0 saturated carbocycles. The Hall–Kier alpha value is -0.650. The van der Waals surface area contributed by atoms with Crippen LogP contribution in [0.1, 0.15) is 27.7 Å². The zero-order chi connectivity index (χ0) is 11.9. The molecule has 0 bridgehead atoms. The molecule has 0 radical (unpaired) electrons. The van der Waals surface area contributed by atoms with E-state index in [2.05, 4.69) is 10.1 Å². The molecule has 0 aromatic heterocycles. The smallest absolute Gasteiger partial charge is 0.293 e. The first-order valence-electron chi connectivity index (χ1n) is 5.02. The van der Waals surface area contributed by atoms with Crippen molar-refractivity contribution >= 4 is 6.47 Å². The Morgan fingerprint density at radius 3 is 2.27 bits per heavy atom. The third-order valence-corrected chi connectivity index (χ3v) is 1.59. The van der Waals surface area contributed by atoms with Gasteiger partial charge in [-0.05, 0) is 27.7 Å². The molecule has 5 nitrogen and oxygen atoms in total. The fourth-order valence-electron chi connectivity index (χ4n) is 0.888. The summed E-state index contributed by atoms with van der Waals surface area (Å²) >= 11 is 0. The van der Waals surface area contributed by atoms with Gasteiger partial charge < -0.3 is 20.5 Å². The predicted octanol–water partition coefficient (Wildman–Crippen LogP) is 0.239. The van der Waals surface area contributed by atoms with Gasteiger partial charge in [-0.15, -0.1) is 0 Å². The van der Waals surface area contributed by atoms with Crippen molar-refractivity contribution in [2.75, 3.05) is 19.7 Å². The fourth-order valence-corrected chi connectivity index (χ4v) is 0.888. The van der Waals surface area contributed by atoms with Crippen LogP contribution in [0.3, 0.4) is 0 Å². The molecule has 1 saturated heterocycles. The van der Waals surface area contributed by atoms with E-state index in [9.17, 15) is 4.79 Å². The first-order valence-corrected chi connectivity index (χ1v) is 5.02. The molecule has 0 aromatic carbocycles. The second kappa shape index (κ2) is 6.05. The monoisotopic (exact) mass is 218 g/mol. The lowest BCUT2D eigenvalue weighted by Crippen LogP contribution is -2.53. The molecule has 1 atom stereocenters. The molecule has 3 N–H and O–H groups in total. The molecule has 15 heavy (non-hydrogen) atoms. The highest BCUT2D eigenvalue weighted by atomic mass is 16.5. The van der Waals surface area contributed by atoms with Gasteiger partial charge in [0, 0.05) is 13.1 Å². The number of nitrogens with one attached hydrogen (secondary N) is 1. The van der Waals surface area contributed by atoms with Crippen LogP contribution in [0, 0.1) is 0 Å². The number of hydrogen-bond acceptors (Lipinski definition) is 5. The second-order valence-electron chi connectivity index (χ2n) is 4.66. The van der Waals surface area contributed by atoms with E-state index in [1.807, 2.05) is 27.7 Å². The lowest BCUT2D eigenvalue weighted by atomic mass is 10.2. The SMILES string of the molecule is CC(C)(C)OC=O.CC1(N)CNCCO1. The topological polar surface area (TPSA) is 73.6 Å². The summed E-state index contributed by atoms with van der Waals surface area (Å²) in [5, 5.41) is 3.12. The molecular weight excluding hydrogens is 196 g/mol. The number of hydrogen-bond donors (Lipinski definition) is 2. The summed E-state index contributed by atoms with van der Waals surface area (Å²) in [5.41, 5.74) is 4.84. The van der Waals surface area contributed by atoms with E-state index in [4.69, 9.17) is 10.5 Å². The summed E-state index contributed by atoms with van der Waals surface area (Å²) in [5.74, 6) is 0. The van der Waals surface area contributed by atoms with Crippen molar-refractivity contribution in [2.24, 2.45) is 5.73 Å². The average Bonchev–Trinajstić information content (AvgIpc) is 2.02. The van der Waals surface area contributed by atoms with E-state index in [1.54, 1.807) is 0 Å². The van der Waals surface area contributed by atoms with Crippen molar-refractivity contribution in [1.82, 2.24) is 5.32 Å². The molecule has 1 unspecified atom stereocenters. The van der Waals surface area contributed by atoms with E-state index in [-0.39, 0.29) is 5.60 Å². The molecule has 0 aliphatic carbocycles. The Morgan fingerprint density at radius 1 is 1.53 bits per heavy atom. The molecule has 0 amide bonds. The van der Waals surface area contributed by atoms with Gasteiger partial charge in [0.2, 0.25) is 0 Å². The van der Waals surface area contributed by atoms with Gasteiger partial charge in [0.05, 0.1) is 6.61 Å². The molecule has 1 heterocycles. The molecule has 1 rings (SSSR count). The third-order valence-electron chi connectivity index (χ3n) is 1.59. The highest BCUT2D eigenvalue weighted by Crippen LogP contribution is 2.02. The Kier molecular flexibility index (Phi) is 5.79. The first-order chi connectivity index (χ1) is 6.77. The second-order valence-corrected chi connectivity index (χ2v) is 4.66. The van der Waals surface area contributed by atoms with Gasteiger partial charge in [-0.2, -0.15) is 0 Å². The van der Waals surface area contributed by atoms with E-state index in [0.717, 1.165) is 19.7 Å². The predicted molar refractivity (Wildman–Crippen MR) is 58.3 cm³/mol. The summed E-state index contributed by atoms with van der Waals surface area (Å²) in [4.78, 5) is 9.60. The largest absolute Gasteiger partial charge is 0.462 e. The standard InChI is InChI=1S/C5H12N2O.C5H10O2/c1-5(6)4-7-2-3-8-5;1-5(2,3)7-4-6/h7H,2-4,6H2,1H3;4H,1-3H3. The molecule has 1 aliphatic heterocycles. The maximum Gasteiger partial charge on any atom is 0.293 e. The molecular formula is C10H22N2O3. The van der Waals surface area contributed by atoms with Gasteiger partial charge in [-0.1, -0.05) is 0 Å². The molecule has 0 aromatic rings. The maximum absolute atomic E-state index is 9.60. The Morgan fingerprint density at radius 2 is 2.13 bits per heavy atom. The van der Waals surface area contributed by atoms with Crippen molar-refractivity contribution in [3.8, 4) is 0 Å². The van der Waals surface area contributed by atoms with Gasteiger partial charge in [-0.3, -0.25) is 4.79 Å². The van der Waals surface area contributed by atoms with E-state index in [0.29, 0.717) is 6.47 Å². The molecule has 5 heteroatoms. The number of ether oxygens (including phenoxy) is 2. The highest BCUT2D eigenvalue weighted by molar-refractivity contribution is 5.37. The number of carbonyl (C=O) groups excluding carboxylic acids is 1. The molecule has 0 spiro atoms. The minimum Gasteiger partial charge on any atom is -0.462 e. The van der Waals surface area contributed by atoms with Crippen molar-refractivity contribution in [1.29, 1.82) is 0 Å². The van der Waals surface area contributed by atoms with Crippen LogP contribution in [0.25, 0.3) is 0 Å².